The van der Waals surface area contributed by atoms with E-state index in [2.05, 4.69) is 38.1 Å². The van der Waals surface area contributed by atoms with Gasteiger partial charge in [-0.3, -0.25) is 0 Å². The van der Waals surface area contributed by atoms with Crippen molar-refractivity contribution in [1.29, 1.82) is 0 Å². The van der Waals surface area contributed by atoms with E-state index < -0.39 is 0 Å². The first-order valence-electron chi connectivity index (χ1n) is 5.16. The van der Waals surface area contributed by atoms with E-state index in [1.807, 2.05) is 6.26 Å². The molecule has 0 N–H and O–H groups in total. The summed E-state index contributed by atoms with van der Waals surface area (Å²) in [5, 5.41) is 0. The molecule has 1 saturated carbocycles. The fourth-order valence-corrected chi connectivity index (χ4v) is 1.50. The number of hydrogen-bond donors (Lipinski definition) is 0. The molecule has 1 aliphatic carbocycles. The van der Waals surface area contributed by atoms with Gasteiger partial charge in [-0.15, -0.1) is 0 Å². The van der Waals surface area contributed by atoms with Crippen molar-refractivity contribution in [2.75, 3.05) is 0 Å². The van der Waals surface area contributed by atoms with Crippen LogP contribution >= 0.6 is 0 Å². The molecular formula is C13H16O. The number of allylic oxidation sites excluding steroid dienone is 1. The van der Waals surface area contributed by atoms with Crippen molar-refractivity contribution in [2.24, 2.45) is 0 Å². The van der Waals surface area contributed by atoms with Crippen LogP contribution in [0.25, 0.3) is 0 Å². The molecule has 0 aliphatic heterocycles. The third-order valence-electron chi connectivity index (χ3n) is 2.60. The molecule has 1 aromatic carbocycles. The zero-order valence-corrected chi connectivity index (χ0v) is 8.79. The maximum Gasteiger partial charge on any atom is 0.120 e. The molecule has 1 atom stereocenters. The molecule has 0 radical (unpaired) electrons. The van der Waals surface area contributed by atoms with Crippen molar-refractivity contribution in [3.63, 3.8) is 0 Å². The van der Waals surface area contributed by atoms with Gasteiger partial charge in [0.2, 0.25) is 0 Å². The Balaban J connectivity index is 2.06. The van der Waals surface area contributed by atoms with Gasteiger partial charge in [0, 0.05) is 0 Å². The molecule has 1 fully saturated rings. The van der Waals surface area contributed by atoms with Gasteiger partial charge in [-0.2, -0.15) is 0 Å². The first-order chi connectivity index (χ1) is 6.77. The minimum absolute atomic E-state index is 0.171. The van der Waals surface area contributed by atoms with Gasteiger partial charge in [-0.25, -0.2) is 0 Å². The van der Waals surface area contributed by atoms with Gasteiger partial charge in [-0.05, 0) is 43.4 Å². The Bertz CT molecular complexity index is 346. The molecule has 74 valence electrons. The standard InChI is InChI=1S/C13H16O/c1-10-5-3-4-6-13(10)11(2)14-9-12-7-8-12/h3-6,9,11H,7-8H2,1-2H3. The van der Waals surface area contributed by atoms with Crippen LogP contribution in [0.3, 0.4) is 0 Å². The molecule has 1 nitrogen and oxygen atoms in total. The Morgan fingerprint density at radius 2 is 2.00 bits per heavy atom. The summed E-state index contributed by atoms with van der Waals surface area (Å²) >= 11 is 0. The van der Waals surface area contributed by atoms with E-state index in [9.17, 15) is 0 Å². The molecule has 2 rings (SSSR count). The van der Waals surface area contributed by atoms with Crippen LogP contribution < -0.4 is 0 Å². The average molecular weight is 188 g/mol. The average Bonchev–Trinajstić information content (AvgIpc) is 2.98. The summed E-state index contributed by atoms with van der Waals surface area (Å²) in [6, 6.07) is 8.38. The normalized spacial score (nSPS) is 16.3. The first kappa shape index (κ1) is 9.32. The number of rotatable bonds is 3. The van der Waals surface area contributed by atoms with Gasteiger partial charge >= 0.3 is 0 Å². The monoisotopic (exact) mass is 188 g/mol. The van der Waals surface area contributed by atoms with Crippen LogP contribution in [0.2, 0.25) is 0 Å². The van der Waals surface area contributed by atoms with E-state index in [-0.39, 0.29) is 6.10 Å². The Labute approximate surface area is 85.4 Å². The summed E-state index contributed by atoms with van der Waals surface area (Å²) in [5.74, 6) is 0. The van der Waals surface area contributed by atoms with Gasteiger partial charge in [0.05, 0.1) is 6.26 Å². The maximum absolute atomic E-state index is 5.67. The molecule has 1 unspecified atom stereocenters. The summed E-state index contributed by atoms with van der Waals surface area (Å²) in [7, 11) is 0. The van der Waals surface area contributed by atoms with Crippen molar-refractivity contribution in [2.45, 2.75) is 32.8 Å². The smallest absolute Gasteiger partial charge is 0.120 e. The lowest BCUT2D eigenvalue weighted by atomic mass is 10.1. The summed E-state index contributed by atoms with van der Waals surface area (Å²) in [4.78, 5) is 0. The van der Waals surface area contributed by atoms with Crippen LogP contribution in [0, 0.1) is 6.92 Å². The number of benzene rings is 1. The van der Waals surface area contributed by atoms with Gasteiger partial charge in [0.25, 0.3) is 0 Å². The van der Waals surface area contributed by atoms with Crippen LogP contribution in [0.1, 0.15) is 37.0 Å². The van der Waals surface area contributed by atoms with E-state index in [0.29, 0.717) is 0 Å². The molecule has 1 aromatic rings. The highest BCUT2D eigenvalue weighted by Gasteiger charge is 2.13. The van der Waals surface area contributed by atoms with Crippen molar-refractivity contribution < 1.29 is 4.74 Å². The van der Waals surface area contributed by atoms with Gasteiger partial charge in [-0.1, -0.05) is 24.3 Å². The van der Waals surface area contributed by atoms with Gasteiger partial charge in [0.15, 0.2) is 0 Å². The highest BCUT2D eigenvalue weighted by molar-refractivity contribution is 5.27. The van der Waals surface area contributed by atoms with Crippen LogP contribution in [0.5, 0.6) is 0 Å². The largest absolute Gasteiger partial charge is 0.494 e. The van der Waals surface area contributed by atoms with Crippen LogP contribution in [-0.4, -0.2) is 0 Å². The Kier molecular flexibility index (Phi) is 2.58. The quantitative estimate of drug-likeness (QED) is 0.656. The maximum atomic E-state index is 5.67. The number of hydrogen-bond acceptors (Lipinski definition) is 1. The topological polar surface area (TPSA) is 9.23 Å². The minimum Gasteiger partial charge on any atom is -0.494 e. The first-order valence-corrected chi connectivity index (χ1v) is 5.16. The Morgan fingerprint density at radius 3 is 2.64 bits per heavy atom. The molecule has 0 spiro atoms. The molecular weight excluding hydrogens is 172 g/mol. The number of aryl methyl sites for hydroxylation is 1. The van der Waals surface area contributed by atoms with E-state index >= 15 is 0 Å². The highest BCUT2D eigenvalue weighted by Crippen LogP contribution is 2.29. The molecule has 0 bridgehead atoms. The Morgan fingerprint density at radius 1 is 1.29 bits per heavy atom. The van der Waals surface area contributed by atoms with E-state index in [0.717, 1.165) is 0 Å². The van der Waals surface area contributed by atoms with E-state index in [1.165, 1.54) is 29.5 Å². The predicted octanol–water partition coefficient (Wildman–Crippen LogP) is 3.75. The van der Waals surface area contributed by atoms with Crippen molar-refractivity contribution in [3.8, 4) is 0 Å². The van der Waals surface area contributed by atoms with Crippen molar-refractivity contribution in [1.82, 2.24) is 0 Å². The van der Waals surface area contributed by atoms with Crippen molar-refractivity contribution >= 4 is 0 Å². The molecule has 0 saturated heterocycles. The van der Waals surface area contributed by atoms with Crippen molar-refractivity contribution in [3.05, 3.63) is 47.2 Å². The second kappa shape index (κ2) is 3.87. The SMILES string of the molecule is Cc1ccccc1C(C)OC=C1CC1. The highest BCUT2D eigenvalue weighted by atomic mass is 16.5. The van der Waals surface area contributed by atoms with E-state index in [4.69, 9.17) is 4.74 Å². The second-order valence-electron chi connectivity index (χ2n) is 3.91. The zero-order chi connectivity index (χ0) is 9.97. The molecule has 1 aliphatic rings. The summed E-state index contributed by atoms with van der Waals surface area (Å²) in [6.45, 7) is 4.22. The fourth-order valence-electron chi connectivity index (χ4n) is 1.50. The lowest BCUT2D eigenvalue weighted by molar-refractivity contribution is 0.162. The summed E-state index contributed by atoms with van der Waals surface area (Å²) < 4.78 is 5.67. The third-order valence-corrected chi connectivity index (χ3v) is 2.60. The molecule has 14 heavy (non-hydrogen) atoms. The molecule has 0 heterocycles. The molecule has 0 aromatic heterocycles. The van der Waals surface area contributed by atoms with Crippen LogP contribution in [0.4, 0.5) is 0 Å². The number of ether oxygens (including phenoxy) is 1. The second-order valence-corrected chi connectivity index (χ2v) is 3.91. The molecule has 1 heteroatoms. The fraction of sp³-hybridized carbons (Fsp3) is 0.385. The zero-order valence-electron chi connectivity index (χ0n) is 8.79. The lowest BCUT2D eigenvalue weighted by Crippen LogP contribution is -1.97. The molecule has 0 amide bonds. The third kappa shape index (κ3) is 2.16. The van der Waals surface area contributed by atoms with Crippen LogP contribution in [-0.2, 0) is 4.74 Å². The predicted molar refractivity (Wildman–Crippen MR) is 58.0 cm³/mol. The van der Waals surface area contributed by atoms with Gasteiger partial charge in [0.1, 0.15) is 6.10 Å². The summed E-state index contributed by atoms with van der Waals surface area (Å²) in [5.41, 5.74) is 4.02. The van der Waals surface area contributed by atoms with Crippen LogP contribution in [0.15, 0.2) is 36.1 Å². The summed E-state index contributed by atoms with van der Waals surface area (Å²) in [6.07, 6.45) is 4.54. The Hall–Kier alpha value is -1.24. The lowest BCUT2D eigenvalue weighted by Gasteiger charge is -2.13. The van der Waals surface area contributed by atoms with Gasteiger partial charge < -0.3 is 4.74 Å². The minimum atomic E-state index is 0.171. The van der Waals surface area contributed by atoms with E-state index in [1.54, 1.807) is 0 Å².